The van der Waals surface area contributed by atoms with E-state index in [1.165, 1.54) is 18.3 Å². The smallest absolute Gasteiger partial charge is 0.313 e. The molecule has 1 aliphatic carbocycles. The summed E-state index contributed by atoms with van der Waals surface area (Å²) in [5.41, 5.74) is -0.249. The summed E-state index contributed by atoms with van der Waals surface area (Å²) in [6, 6.07) is 0. The number of thiazole rings is 1. The van der Waals surface area contributed by atoms with E-state index >= 15 is 0 Å². The molecule has 0 atom stereocenters. The van der Waals surface area contributed by atoms with Crippen LogP contribution in [0.25, 0.3) is 5.13 Å². The van der Waals surface area contributed by atoms with Gasteiger partial charge in [-0.05, 0) is 26.2 Å². The van der Waals surface area contributed by atoms with Gasteiger partial charge in [0, 0.05) is 11.1 Å². The fraction of sp³-hybridized carbons (Fsp3) is 0.333. The molecule has 0 radical (unpaired) electrons. The first-order chi connectivity index (χ1) is 9.08. The van der Waals surface area contributed by atoms with Crippen LogP contribution in [0.3, 0.4) is 0 Å². The normalized spacial score (nSPS) is 13.5. The van der Waals surface area contributed by atoms with Crippen molar-refractivity contribution in [3.8, 4) is 5.13 Å². The minimum atomic E-state index is -0.608. The van der Waals surface area contributed by atoms with Gasteiger partial charge in [-0.3, -0.25) is 9.59 Å². The van der Waals surface area contributed by atoms with E-state index in [0.29, 0.717) is 5.13 Å². The van der Waals surface area contributed by atoms with Gasteiger partial charge in [-0.25, -0.2) is 14.3 Å². The Morgan fingerprint density at radius 2 is 2.21 bits per heavy atom. The quantitative estimate of drug-likeness (QED) is 0.818. The van der Waals surface area contributed by atoms with Gasteiger partial charge in [-0.2, -0.15) is 0 Å². The second-order valence-corrected chi connectivity index (χ2v) is 5.49. The predicted molar refractivity (Wildman–Crippen MR) is 70.4 cm³/mol. The maximum Gasteiger partial charge on any atom is 0.334 e. The lowest BCUT2D eigenvalue weighted by Gasteiger charge is -2.01. The van der Waals surface area contributed by atoms with Gasteiger partial charge in [0.25, 0.3) is 5.56 Å². The first-order valence-corrected chi connectivity index (χ1v) is 6.74. The van der Waals surface area contributed by atoms with Crippen LogP contribution >= 0.6 is 11.3 Å². The molecule has 0 saturated carbocycles. The molecule has 19 heavy (non-hydrogen) atoms. The van der Waals surface area contributed by atoms with Crippen LogP contribution in [0, 0.1) is 0 Å². The van der Waals surface area contributed by atoms with Crippen LogP contribution in [0.1, 0.15) is 34.3 Å². The number of nitrogens with one attached hydrogen (secondary N) is 1. The maximum atomic E-state index is 12.1. The molecular formula is C12H11N3O3S. The van der Waals surface area contributed by atoms with Gasteiger partial charge in [0.05, 0.1) is 11.3 Å². The Morgan fingerprint density at radius 3 is 2.89 bits per heavy atom. The number of aromatic nitrogens is 3. The van der Waals surface area contributed by atoms with Crippen molar-refractivity contribution in [2.45, 2.75) is 26.2 Å². The molecule has 0 unspecified atom stereocenters. The molecule has 7 heteroatoms. The number of aryl methyl sites for hydroxylation is 2. The highest BCUT2D eigenvalue weighted by atomic mass is 32.1. The molecule has 0 saturated heterocycles. The lowest BCUT2D eigenvalue weighted by atomic mass is 10.2. The first kappa shape index (κ1) is 12.0. The van der Waals surface area contributed by atoms with Crippen LogP contribution in [-0.2, 0) is 12.8 Å². The van der Waals surface area contributed by atoms with Crippen LogP contribution in [0.15, 0.2) is 15.8 Å². The van der Waals surface area contributed by atoms with Crippen molar-refractivity contribution in [3.63, 3.8) is 0 Å². The number of rotatable bonds is 2. The monoisotopic (exact) mass is 277 g/mol. The topological polar surface area (TPSA) is 84.8 Å². The first-order valence-electron chi connectivity index (χ1n) is 5.92. The van der Waals surface area contributed by atoms with Gasteiger partial charge < -0.3 is 4.98 Å². The number of hydrogen-bond donors (Lipinski definition) is 1. The van der Waals surface area contributed by atoms with Crippen LogP contribution < -0.4 is 11.2 Å². The van der Waals surface area contributed by atoms with E-state index in [1.54, 1.807) is 0 Å². The maximum absolute atomic E-state index is 12.1. The van der Waals surface area contributed by atoms with E-state index in [9.17, 15) is 14.4 Å². The van der Waals surface area contributed by atoms with Gasteiger partial charge >= 0.3 is 5.69 Å². The van der Waals surface area contributed by atoms with E-state index in [2.05, 4.69) is 9.97 Å². The second kappa shape index (κ2) is 4.27. The Hall–Kier alpha value is -2.02. The molecule has 2 heterocycles. The summed E-state index contributed by atoms with van der Waals surface area (Å²) < 4.78 is 0.944. The van der Waals surface area contributed by atoms with E-state index in [1.807, 2.05) is 0 Å². The van der Waals surface area contributed by atoms with E-state index < -0.39 is 11.2 Å². The molecule has 0 aliphatic heterocycles. The highest BCUT2D eigenvalue weighted by molar-refractivity contribution is 7.14. The number of hydrogen-bond acceptors (Lipinski definition) is 5. The number of Topliss-reactive ketones (excluding diaryl/α,β-unsaturated/α-hetero) is 1. The third-order valence-corrected chi connectivity index (χ3v) is 4.27. The molecule has 0 fully saturated rings. The fourth-order valence-electron chi connectivity index (χ4n) is 2.17. The number of nitrogens with zero attached hydrogens (tertiary/aromatic N) is 2. The summed E-state index contributed by atoms with van der Waals surface area (Å²) in [6.45, 7) is 1.29. The second-order valence-electron chi connectivity index (χ2n) is 4.42. The number of carbonyl (C=O) groups is 1. The van der Waals surface area contributed by atoms with Crippen molar-refractivity contribution in [2.75, 3.05) is 0 Å². The van der Waals surface area contributed by atoms with E-state index in [0.717, 1.165) is 40.6 Å². The van der Waals surface area contributed by atoms with Crippen molar-refractivity contribution in [1.82, 2.24) is 14.5 Å². The standard InChI is InChI=1S/C12H11N3O3S/c1-6(16)7-5-13-11(18)15(10(7)17)12-14-8-3-2-4-9(8)19-12/h5H,2-4H2,1H3,(H,13,18). The average Bonchev–Trinajstić information content (AvgIpc) is 2.89. The summed E-state index contributed by atoms with van der Waals surface area (Å²) in [4.78, 5) is 43.2. The van der Waals surface area contributed by atoms with Crippen molar-refractivity contribution >= 4 is 17.1 Å². The van der Waals surface area contributed by atoms with Gasteiger partial charge in [0.2, 0.25) is 5.13 Å². The molecule has 1 N–H and O–H groups in total. The number of H-pyrrole nitrogens is 1. The molecule has 6 nitrogen and oxygen atoms in total. The SMILES string of the molecule is CC(=O)c1c[nH]c(=O)n(-c2nc3c(s2)CCC3)c1=O. The van der Waals surface area contributed by atoms with Crippen molar-refractivity contribution < 1.29 is 4.79 Å². The Labute approximate surface area is 111 Å². The summed E-state index contributed by atoms with van der Waals surface area (Å²) in [5, 5.41) is 0.346. The van der Waals surface area contributed by atoms with Gasteiger partial charge in [0.15, 0.2) is 5.78 Å². The van der Waals surface area contributed by atoms with Crippen LogP contribution in [0.2, 0.25) is 0 Å². The van der Waals surface area contributed by atoms with E-state index in [4.69, 9.17) is 0 Å². The lowest BCUT2D eigenvalue weighted by molar-refractivity contribution is 0.101. The Kier molecular flexibility index (Phi) is 2.70. The number of carbonyl (C=O) groups excluding carboxylic acids is 1. The van der Waals surface area contributed by atoms with Gasteiger partial charge in [-0.15, -0.1) is 11.3 Å². The van der Waals surface area contributed by atoms with Gasteiger partial charge in [0.1, 0.15) is 0 Å². The van der Waals surface area contributed by atoms with Crippen LogP contribution in [0.4, 0.5) is 0 Å². The summed E-state index contributed by atoms with van der Waals surface area (Å²) in [6.07, 6.45) is 4.04. The van der Waals surface area contributed by atoms with E-state index in [-0.39, 0.29) is 11.3 Å². The van der Waals surface area contributed by atoms with Crippen LogP contribution in [0.5, 0.6) is 0 Å². The molecule has 0 aromatic carbocycles. The largest absolute Gasteiger partial charge is 0.334 e. The van der Waals surface area contributed by atoms with Crippen molar-refractivity contribution in [1.29, 1.82) is 0 Å². The summed E-state index contributed by atoms with van der Waals surface area (Å²) in [5.74, 6) is -0.376. The molecular weight excluding hydrogens is 266 g/mol. The molecule has 1 aliphatic rings. The Balaban J connectivity index is 2.24. The highest BCUT2D eigenvalue weighted by Gasteiger charge is 2.20. The number of aromatic amines is 1. The average molecular weight is 277 g/mol. The number of ketones is 1. The number of fused-ring (bicyclic) bond motifs is 1. The molecule has 0 bridgehead atoms. The molecule has 2 aromatic heterocycles. The fourth-order valence-corrected chi connectivity index (χ4v) is 3.32. The minimum absolute atomic E-state index is 0.0324. The van der Waals surface area contributed by atoms with Crippen molar-refractivity contribution in [3.05, 3.63) is 43.2 Å². The molecule has 0 spiro atoms. The lowest BCUT2D eigenvalue weighted by Crippen LogP contribution is -2.36. The predicted octanol–water partition coefficient (Wildman–Crippen LogP) is 0.674. The zero-order valence-corrected chi connectivity index (χ0v) is 11.0. The Morgan fingerprint density at radius 1 is 1.42 bits per heavy atom. The third kappa shape index (κ3) is 1.86. The zero-order chi connectivity index (χ0) is 13.6. The minimum Gasteiger partial charge on any atom is -0.313 e. The highest BCUT2D eigenvalue weighted by Crippen LogP contribution is 2.28. The van der Waals surface area contributed by atoms with Crippen molar-refractivity contribution in [2.24, 2.45) is 0 Å². The summed E-state index contributed by atoms with van der Waals surface area (Å²) in [7, 11) is 0. The molecule has 3 rings (SSSR count). The van der Waals surface area contributed by atoms with Gasteiger partial charge in [-0.1, -0.05) is 0 Å². The third-order valence-electron chi connectivity index (χ3n) is 3.13. The molecule has 2 aromatic rings. The zero-order valence-electron chi connectivity index (χ0n) is 10.2. The molecule has 0 amide bonds. The summed E-state index contributed by atoms with van der Waals surface area (Å²) >= 11 is 1.34. The Bertz CT molecular complexity index is 763. The molecule has 98 valence electrons. The van der Waals surface area contributed by atoms with Crippen LogP contribution in [-0.4, -0.2) is 20.3 Å².